The lowest BCUT2D eigenvalue weighted by Crippen LogP contribution is -2.47. The number of morpholine rings is 1. The first-order chi connectivity index (χ1) is 9.13. The average molecular weight is 259 g/mol. The number of fused-ring (bicyclic) bond motifs is 1. The summed E-state index contributed by atoms with van der Waals surface area (Å²) in [4.78, 5) is 21.5. The lowest BCUT2D eigenvalue weighted by atomic mass is 10.2. The molecule has 100 valence electrons. The van der Waals surface area contributed by atoms with Crippen molar-refractivity contribution >= 4 is 16.9 Å². The molecule has 2 heterocycles. The minimum Gasteiger partial charge on any atom is -0.372 e. The topological polar surface area (TPSA) is 58.2 Å². The maximum Gasteiger partial charge on any atom is 0.291 e. The molecule has 0 radical (unpaired) electrons. The number of H-pyrrole nitrogens is 1. The zero-order valence-electron chi connectivity index (χ0n) is 11.1. The normalized spacial score (nSPS) is 23.8. The van der Waals surface area contributed by atoms with Gasteiger partial charge in [-0.25, -0.2) is 4.98 Å². The van der Waals surface area contributed by atoms with Crippen LogP contribution in [0.1, 0.15) is 13.8 Å². The minimum absolute atomic E-state index is 0.108. The molecule has 0 saturated carbocycles. The largest absolute Gasteiger partial charge is 0.372 e. The van der Waals surface area contributed by atoms with Crippen LogP contribution < -0.4 is 10.5 Å². The Labute approximate surface area is 111 Å². The van der Waals surface area contributed by atoms with E-state index in [0.29, 0.717) is 18.9 Å². The summed E-state index contributed by atoms with van der Waals surface area (Å²) in [5.41, 5.74) is 1.44. The Morgan fingerprint density at radius 3 is 2.68 bits per heavy atom. The summed E-state index contributed by atoms with van der Waals surface area (Å²) >= 11 is 0. The highest BCUT2D eigenvalue weighted by atomic mass is 16.5. The molecule has 1 aromatic heterocycles. The van der Waals surface area contributed by atoms with Gasteiger partial charge in [0.15, 0.2) is 5.82 Å². The highest BCUT2D eigenvalue weighted by molar-refractivity contribution is 5.75. The molecule has 2 atom stereocenters. The van der Waals surface area contributed by atoms with Crippen molar-refractivity contribution in [2.75, 3.05) is 18.0 Å². The quantitative estimate of drug-likeness (QED) is 0.844. The standard InChI is InChI=1S/C14H17N3O2/c1-9-7-17(8-10(2)19-9)13-14(18)16-12-6-4-3-5-11(12)15-13/h3-6,9-10H,7-8H2,1-2H3,(H,16,18). The maximum atomic E-state index is 12.1. The zero-order valence-corrected chi connectivity index (χ0v) is 11.1. The second kappa shape index (κ2) is 4.66. The molecule has 1 aromatic carbocycles. The summed E-state index contributed by atoms with van der Waals surface area (Å²) in [7, 11) is 0. The second-order valence-corrected chi connectivity index (χ2v) is 5.07. The van der Waals surface area contributed by atoms with E-state index >= 15 is 0 Å². The molecular weight excluding hydrogens is 242 g/mol. The predicted molar refractivity (Wildman–Crippen MR) is 74.6 cm³/mol. The van der Waals surface area contributed by atoms with Gasteiger partial charge in [-0.15, -0.1) is 0 Å². The van der Waals surface area contributed by atoms with Crippen molar-refractivity contribution in [2.24, 2.45) is 0 Å². The van der Waals surface area contributed by atoms with Gasteiger partial charge in [-0.1, -0.05) is 12.1 Å². The van der Waals surface area contributed by atoms with Gasteiger partial charge in [0.25, 0.3) is 5.56 Å². The van der Waals surface area contributed by atoms with Gasteiger partial charge in [-0.3, -0.25) is 4.79 Å². The summed E-state index contributed by atoms with van der Waals surface area (Å²) < 4.78 is 5.68. The van der Waals surface area contributed by atoms with Crippen LogP contribution in [0, 0.1) is 0 Å². The molecule has 1 saturated heterocycles. The van der Waals surface area contributed by atoms with Crippen molar-refractivity contribution in [3.8, 4) is 0 Å². The number of nitrogens with one attached hydrogen (secondary N) is 1. The fourth-order valence-corrected chi connectivity index (χ4v) is 2.59. The Balaban J connectivity index is 2.04. The number of hydrogen-bond acceptors (Lipinski definition) is 4. The summed E-state index contributed by atoms with van der Waals surface area (Å²) in [6.07, 6.45) is 0.216. The van der Waals surface area contributed by atoms with Gasteiger partial charge in [-0.05, 0) is 26.0 Å². The molecule has 1 fully saturated rings. The predicted octanol–water partition coefficient (Wildman–Crippen LogP) is 1.54. The molecule has 2 unspecified atom stereocenters. The molecule has 0 amide bonds. The van der Waals surface area contributed by atoms with Crippen molar-refractivity contribution in [1.82, 2.24) is 9.97 Å². The molecule has 2 aromatic rings. The Kier molecular flexibility index (Phi) is 2.98. The molecule has 19 heavy (non-hydrogen) atoms. The maximum absolute atomic E-state index is 12.1. The van der Waals surface area contributed by atoms with E-state index in [1.807, 2.05) is 43.0 Å². The lowest BCUT2D eigenvalue weighted by Gasteiger charge is -2.35. The van der Waals surface area contributed by atoms with E-state index in [4.69, 9.17) is 4.74 Å². The summed E-state index contributed by atoms with van der Waals surface area (Å²) in [6.45, 7) is 5.41. The van der Waals surface area contributed by atoms with Crippen LogP contribution >= 0.6 is 0 Å². The van der Waals surface area contributed by atoms with Crippen molar-refractivity contribution < 1.29 is 4.74 Å². The van der Waals surface area contributed by atoms with E-state index in [1.54, 1.807) is 0 Å². The zero-order chi connectivity index (χ0) is 13.4. The fraction of sp³-hybridized carbons (Fsp3) is 0.429. The average Bonchev–Trinajstić information content (AvgIpc) is 2.36. The van der Waals surface area contributed by atoms with E-state index in [0.717, 1.165) is 11.0 Å². The van der Waals surface area contributed by atoms with Crippen LogP contribution in [-0.2, 0) is 4.74 Å². The fourth-order valence-electron chi connectivity index (χ4n) is 2.59. The highest BCUT2D eigenvalue weighted by Crippen LogP contribution is 2.17. The highest BCUT2D eigenvalue weighted by Gasteiger charge is 2.25. The SMILES string of the molecule is CC1CN(c2nc3ccccc3[nH]c2=O)CC(C)O1. The monoisotopic (exact) mass is 259 g/mol. The van der Waals surface area contributed by atoms with E-state index in [-0.39, 0.29) is 17.8 Å². The van der Waals surface area contributed by atoms with Crippen LogP contribution in [0.4, 0.5) is 5.82 Å². The van der Waals surface area contributed by atoms with E-state index in [9.17, 15) is 4.79 Å². The van der Waals surface area contributed by atoms with E-state index in [2.05, 4.69) is 9.97 Å². The molecule has 1 N–H and O–H groups in total. The van der Waals surface area contributed by atoms with Gasteiger partial charge in [0, 0.05) is 13.1 Å². The molecular formula is C14H17N3O2. The van der Waals surface area contributed by atoms with Gasteiger partial charge < -0.3 is 14.6 Å². The van der Waals surface area contributed by atoms with Crippen molar-refractivity contribution in [1.29, 1.82) is 0 Å². The molecule has 1 aliphatic rings. The van der Waals surface area contributed by atoms with Crippen molar-refractivity contribution in [3.05, 3.63) is 34.6 Å². The van der Waals surface area contributed by atoms with Crippen LogP contribution in [-0.4, -0.2) is 35.3 Å². The number of anilines is 1. The van der Waals surface area contributed by atoms with Crippen LogP contribution in [0.3, 0.4) is 0 Å². The number of aromatic nitrogens is 2. The number of ether oxygens (including phenoxy) is 1. The minimum atomic E-state index is -0.139. The summed E-state index contributed by atoms with van der Waals surface area (Å²) in [5, 5.41) is 0. The molecule has 3 rings (SSSR count). The number of para-hydroxylation sites is 2. The van der Waals surface area contributed by atoms with Crippen molar-refractivity contribution in [2.45, 2.75) is 26.1 Å². The Hall–Kier alpha value is -1.88. The van der Waals surface area contributed by atoms with Crippen molar-refractivity contribution in [3.63, 3.8) is 0 Å². The molecule has 0 spiro atoms. The second-order valence-electron chi connectivity index (χ2n) is 5.07. The van der Waals surface area contributed by atoms with Crippen LogP contribution in [0.2, 0.25) is 0 Å². The molecule has 5 heteroatoms. The smallest absolute Gasteiger partial charge is 0.291 e. The van der Waals surface area contributed by atoms with Gasteiger partial charge >= 0.3 is 0 Å². The molecule has 5 nitrogen and oxygen atoms in total. The van der Waals surface area contributed by atoms with Gasteiger partial charge in [0.2, 0.25) is 0 Å². The molecule has 1 aliphatic heterocycles. The van der Waals surface area contributed by atoms with Crippen LogP contribution in [0.5, 0.6) is 0 Å². The lowest BCUT2D eigenvalue weighted by molar-refractivity contribution is -0.00552. The first-order valence-corrected chi connectivity index (χ1v) is 6.53. The van der Waals surface area contributed by atoms with Crippen LogP contribution in [0.15, 0.2) is 29.1 Å². The number of aromatic amines is 1. The van der Waals surface area contributed by atoms with E-state index in [1.165, 1.54) is 0 Å². The van der Waals surface area contributed by atoms with Gasteiger partial charge in [0.1, 0.15) is 0 Å². The molecule has 0 bridgehead atoms. The number of rotatable bonds is 1. The van der Waals surface area contributed by atoms with E-state index < -0.39 is 0 Å². The number of benzene rings is 1. The first kappa shape index (κ1) is 12.2. The Morgan fingerprint density at radius 1 is 1.26 bits per heavy atom. The summed E-state index contributed by atoms with van der Waals surface area (Å²) in [5.74, 6) is 0.487. The van der Waals surface area contributed by atoms with Crippen LogP contribution in [0.25, 0.3) is 11.0 Å². The first-order valence-electron chi connectivity index (χ1n) is 6.53. The van der Waals surface area contributed by atoms with Gasteiger partial charge in [-0.2, -0.15) is 0 Å². The third-order valence-corrected chi connectivity index (χ3v) is 3.30. The third kappa shape index (κ3) is 2.33. The Bertz CT molecular complexity index is 642. The Morgan fingerprint density at radius 2 is 1.95 bits per heavy atom. The van der Waals surface area contributed by atoms with Gasteiger partial charge in [0.05, 0.1) is 23.2 Å². The summed E-state index contributed by atoms with van der Waals surface area (Å²) in [6, 6.07) is 7.57. The number of nitrogens with zero attached hydrogens (tertiary/aromatic N) is 2. The number of hydrogen-bond donors (Lipinski definition) is 1. The molecule has 0 aliphatic carbocycles. The third-order valence-electron chi connectivity index (χ3n) is 3.30.